The molecule has 5 atom stereocenters. The first kappa shape index (κ1) is 37.5. The number of amides is 3. The number of carbonyl (C=O) groups is 3. The van der Waals surface area contributed by atoms with Gasteiger partial charge < -0.3 is 29.7 Å². The van der Waals surface area contributed by atoms with E-state index in [9.17, 15) is 14.4 Å². The zero-order chi connectivity index (χ0) is 39.3. The summed E-state index contributed by atoms with van der Waals surface area (Å²) in [4.78, 5) is 60.0. The van der Waals surface area contributed by atoms with Crippen LogP contribution in [0.25, 0.3) is 44.2 Å². The molecule has 4 heterocycles. The molecule has 0 spiro atoms. The van der Waals surface area contributed by atoms with Crippen molar-refractivity contribution in [1.29, 1.82) is 0 Å². The summed E-state index contributed by atoms with van der Waals surface area (Å²) >= 11 is 0. The van der Waals surface area contributed by atoms with Gasteiger partial charge in [-0.05, 0) is 111 Å². The largest absolute Gasteiger partial charge is 0.453 e. The number of imidazole rings is 2. The smallest absolute Gasteiger partial charge is 0.410 e. The lowest BCUT2D eigenvalue weighted by molar-refractivity contribution is -0.138. The number of H-pyrrole nitrogens is 2. The molecule has 12 nitrogen and oxygen atoms in total. The first-order valence-electron chi connectivity index (χ1n) is 20.1. The summed E-state index contributed by atoms with van der Waals surface area (Å²) in [6.45, 7) is 10.2. The van der Waals surface area contributed by atoms with Crippen molar-refractivity contribution in [2.45, 2.75) is 109 Å². The highest BCUT2D eigenvalue weighted by atomic mass is 16.6. The van der Waals surface area contributed by atoms with Crippen molar-refractivity contribution in [2.24, 2.45) is 11.8 Å². The fourth-order valence-corrected chi connectivity index (χ4v) is 9.08. The van der Waals surface area contributed by atoms with Gasteiger partial charge in [0, 0.05) is 18.2 Å². The first-order valence-corrected chi connectivity index (χ1v) is 20.1. The Bertz CT molecular complexity index is 2270. The van der Waals surface area contributed by atoms with E-state index in [1.54, 1.807) is 4.90 Å². The van der Waals surface area contributed by atoms with Crippen molar-refractivity contribution in [3.8, 4) is 22.4 Å². The predicted molar refractivity (Wildman–Crippen MR) is 216 cm³/mol. The number of benzene rings is 3. The number of ether oxygens (including phenoxy) is 2. The van der Waals surface area contributed by atoms with Gasteiger partial charge in [-0.25, -0.2) is 19.6 Å². The van der Waals surface area contributed by atoms with Crippen LogP contribution in [0.2, 0.25) is 0 Å². The normalized spacial score (nSPS) is 21.8. The molecule has 3 aliphatic rings. The minimum Gasteiger partial charge on any atom is -0.453 e. The number of likely N-dealkylation sites (tertiary alicyclic amines) is 2. The Balaban J connectivity index is 1.02. The highest BCUT2D eigenvalue weighted by molar-refractivity contribution is 5.92. The maximum atomic E-state index is 14.2. The van der Waals surface area contributed by atoms with Crippen molar-refractivity contribution in [2.75, 3.05) is 13.7 Å². The number of aromatic nitrogens is 4. The second-order valence-corrected chi connectivity index (χ2v) is 17.1. The van der Waals surface area contributed by atoms with E-state index in [1.165, 1.54) is 13.5 Å². The third kappa shape index (κ3) is 7.33. The molecule has 3 aromatic carbocycles. The van der Waals surface area contributed by atoms with Crippen LogP contribution in [0, 0.1) is 11.8 Å². The van der Waals surface area contributed by atoms with Crippen LogP contribution in [0.1, 0.15) is 103 Å². The van der Waals surface area contributed by atoms with Gasteiger partial charge in [-0.2, -0.15) is 0 Å². The fourth-order valence-electron chi connectivity index (χ4n) is 9.08. The van der Waals surface area contributed by atoms with Crippen LogP contribution in [0.15, 0.2) is 60.8 Å². The molecule has 1 saturated carbocycles. The van der Waals surface area contributed by atoms with Crippen molar-refractivity contribution in [3.05, 3.63) is 72.4 Å². The lowest BCUT2D eigenvalue weighted by Gasteiger charge is -2.36. The zero-order valence-corrected chi connectivity index (χ0v) is 33.2. The van der Waals surface area contributed by atoms with E-state index in [-0.39, 0.29) is 36.0 Å². The molecule has 3 N–H and O–H groups in total. The molecule has 2 aliphatic heterocycles. The summed E-state index contributed by atoms with van der Waals surface area (Å²) < 4.78 is 10.6. The van der Waals surface area contributed by atoms with E-state index in [2.05, 4.69) is 63.8 Å². The van der Waals surface area contributed by atoms with Gasteiger partial charge in [0.2, 0.25) is 5.91 Å². The molecule has 2 saturated heterocycles. The Kier molecular flexibility index (Phi) is 10.0. The molecule has 8 rings (SSSR count). The number of fused-ring (bicyclic) bond motifs is 3. The maximum absolute atomic E-state index is 14.2. The summed E-state index contributed by atoms with van der Waals surface area (Å²) in [5.74, 6) is 1.80. The van der Waals surface area contributed by atoms with Crippen molar-refractivity contribution in [3.63, 3.8) is 0 Å². The van der Waals surface area contributed by atoms with Crippen LogP contribution in [0.3, 0.4) is 0 Å². The van der Waals surface area contributed by atoms with Crippen molar-refractivity contribution in [1.82, 2.24) is 35.1 Å². The Morgan fingerprint density at radius 3 is 2.32 bits per heavy atom. The van der Waals surface area contributed by atoms with Gasteiger partial charge >= 0.3 is 12.2 Å². The zero-order valence-electron chi connectivity index (χ0n) is 33.2. The molecule has 0 bridgehead atoms. The van der Waals surface area contributed by atoms with Crippen LogP contribution >= 0.6 is 0 Å². The molecule has 3 amide bonds. The molecule has 12 heteroatoms. The summed E-state index contributed by atoms with van der Waals surface area (Å²) in [6.07, 6.45) is 7.88. The highest BCUT2D eigenvalue weighted by Gasteiger charge is 2.48. The van der Waals surface area contributed by atoms with E-state index >= 15 is 0 Å². The van der Waals surface area contributed by atoms with Gasteiger partial charge in [0.1, 0.15) is 23.3 Å². The van der Waals surface area contributed by atoms with Gasteiger partial charge in [-0.3, -0.25) is 9.69 Å². The fraction of sp³-hybridized carbons (Fsp3) is 0.477. The standard InChI is InChI=1S/C44H53N7O5/c1-25(2)38(49-42(53)55-6)41(52)51-35-11-8-7-10-31(35)23-37(51)39-45-24-34(48-39)30-16-15-26-20-27(13-14-28(26)21-30)29-17-18-32-33(22-29)47-40(46-32)36-12-9-19-50(36)43(54)56-44(3,4)5/h13-18,20-22,24-25,31,35-38H,7-12,19,23H2,1-6H3,(H,45,48)(H,46,47)(H,49,53)/t31?,35-,36-,37-,38-/m0/s1. The molecule has 3 fully saturated rings. The first-order chi connectivity index (χ1) is 26.9. The summed E-state index contributed by atoms with van der Waals surface area (Å²) in [5.41, 5.74) is 5.33. The van der Waals surface area contributed by atoms with Gasteiger partial charge in [-0.15, -0.1) is 0 Å². The third-order valence-corrected chi connectivity index (χ3v) is 11.8. The Labute approximate surface area is 327 Å². The molecular weight excluding hydrogens is 707 g/mol. The topological polar surface area (TPSA) is 146 Å². The Morgan fingerprint density at radius 2 is 1.57 bits per heavy atom. The van der Waals surface area contributed by atoms with Gasteiger partial charge in [0.25, 0.3) is 0 Å². The van der Waals surface area contributed by atoms with E-state index < -0.39 is 17.7 Å². The van der Waals surface area contributed by atoms with Crippen LogP contribution in [0.4, 0.5) is 9.59 Å². The highest BCUT2D eigenvalue weighted by Crippen LogP contribution is 2.46. The minimum absolute atomic E-state index is 0.0740. The van der Waals surface area contributed by atoms with Crippen LogP contribution in [-0.2, 0) is 14.3 Å². The summed E-state index contributed by atoms with van der Waals surface area (Å²) in [5, 5.41) is 5.02. The van der Waals surface area contributed by atoms with Crippen LogP contribution < -0.4 is 5.32 Å². The predicted octanol–water partition coefficient (Wildman–Crippen LogP) is 9.06. The monoisotopic (exact) mass is 759 g/mol. The molecule has 56 heavy (non-hydrogen) atoms. The van der Waals surface area contributed by atoms with Crippen molar-refractivity contribution >= 4 is 39.9 Å². The Hall–Kier alpha value is -5.39. The lowest BCUT2D eigenvalue weighted by atomic mass is 9.84. The molecule has 5 aromatic rings. The SMILES string of the molecule is COC(=O)N[C@H](C(=O)N1[C@H](c2ncc(-c3ccc4cc(-c5ccc6nc([C@@H]7CCCN7C(=O)OC(C)(C)C)[nH]c6c5)ccc4c3)[nH]2)CC2CCCC[C@@H]21)C(C)C. The lowest BCUT2D eigenvalue weighted by Crippen LogP contribution is -2.53. The van der Waals surface area contributed by atoms with Gasteiger partial charge in [0.05, 0.1) is 42.1 Å². The van der Waals surface area contributed by atoms with Crippen LogP contribution in [-0.4, -0.2) is 79.2 Å². The second kappa shape index (κ2) is 14.9. The molecule has 2 aromatic heterocycles. The maximum Gasteiger partial charge on any atom is 0.410 e. The average molecular weight is 760 g/mol. The molecule has 294 valence electrons. The number of hydrogen-bond donors (Lipinski definition) is 3. The van der Waals surface area contributed by atoms with E-state index in [4.69, 9.17) is 19.4 Å². The summed E-state index contributed by atoms with van der Waals surface area (Å²) in [6, 6.07) is 18.3. The Morgan fingerprint density at radius 1 is 0.857 bits per heavy atom. The number of aromatic amines is 2. The number of hydrogen-bond acceptors (Lipinski definition) is 7. The van der Waals surface area contributed by atoms with Crippen molar-refractivity contribution < 1.29 is 23.9 Å². The third-order valence-electron chi connectivity index (χ3n) is 11.8. The quantitative estimate of drug-likeness (QED) is 0.150. The van der Waals surface area contributed by atoms with Gasteiger partial charge in [-0.1, -0.05) is 57.0 Å². The van der Waals surface area contributed by atoms with Gasteiger partial charge in [0.15, 0.2) is 0 Å². The van der Waals surface area contributed by atoms with Crippen LogP contribution in [0.5, 0.6) is 0 Å². The molecular formula is C44H53N7O5. The van der Waals surface area contributed by atoms with E-state index in [0.29, 0.717) is 12.5 Å². The number of rotatable bonds is 7. The number of methoxy groups -OCH3 is 1. The number of nitrogens with one attached hydrogen (secondary N) is 3. The number of nitrogens with zero attached hydrogens (tertiary/aromatic N) is 4. The molecule has 0 radical (unpaired) electrons. The number of carbonyl (C=O) groups excluding carboxylic acids is 3. The molecule has 1 unspecified atom stereocenters. The summed E-state index contributed by atoms with van der Waals surface area (Å²) in [7, 11) is 1.32. The minimum atomic E-state index is -0.682. The average Bonchev–Trinajstić information content (AvgIpc) is 4.00. The van der Waals surface area contributed by atoms with E-state index in [1.807, 2.05) is 51.8 Å². The van der Waals surface area contributed by atoms with E-state index in [0.717, 1.165) is 94.4 Å². The molecule has 1 aliphatic carbocycles. The second-order valence-electron chi connectivity index (χ2n) is 17.1. The number of alkyl carbamates (subject to hydrolysis) is 1.